The summed E-state index contributed by atoms with van der Waals surface area (Å²) < 4.78 is 33.0. The largest absolute Gasteiger partial charge is 0.472 e. The molecule has 3 atom stereocenters. The van der Waals surface area contributed by atoms with Crippen LogP contribution in [0.5, 0.6) is 5.88 Å². The van der Waals surface area contributed by atoms with E-state index < -0.39 is 11.6 Å². The highest BCUT2D eigenvalue weighted by molar-refractivity contribution is 5.38. The summed E-state index contributed by atoms with van der Waals surface area (Å²) in [6, 6.07) is 0.744. The van der Waals surface area contributed by atoms with E-state index in [4.69, 9.17) is 10.6 Å². The van der Waals surface area contributed by atoms with Gasteiger partial charge in [-0.2, -0.15) is 4.98 Å². The number of nitrogen functional groups attached to an aromatic ring is 1. The summed E-state index contributed by atoms with van der Waals surface area (Å²) >= 11 is 0. The fraction of sp³-hybridized carbons (Fsp3) is 0.667. The summed E-state index contributed by atoms with van der Waals surface area (Å²) in [5.74, 6) is 4.46. The van der Waals surface area contributed by atoms with Gasteiger partial charge in [-0.1, -0.05) is 27.2 Å². The minimum absolute atomic E-state index is 0.105. The first-order valence-electron chi connectivity index (χ1n) is 7.41. The van der Waals surface area contributed by atoms with E-state index in [1.165, 1.54) is 0 Å². The molecule has 1 saturated carbocycles. The molecular formula is C15H23F2N3O. The molecular weight excluding hydrogens is 276 g/mol. The van der Waals surface area contributed by atoms with Gasteiger partial charge in [-0.3, -0.25) is 0 Å². The highest BCUT2D eigenvalue weighted by atomic mass is 19.1. The van der Waals surface area contributed by atoms with E-state index in [2.05, 4.69) is 31.2 Å². The maximum atomic E-state index is 13.9. The number of hydrogen-bond acceptors (Lipinski definition) is 4. The zero-order valence-corrected chi connectivity index (χ0v) is 12.7. The highest BCUT2D eigenvalue weighted by Crippen LogP contribution is 2.36. The Balaban J connectivity index is 2.22. The molecule has 4 nitrogen and oxygen atoms in total. The Bertz CT molecular complexity index is 496. The SMILES string of the molecule is CC1CCC(C(C)C)C(Oc2nc(NN)c(F)cc2F)C1. The Labute approximate surface area is 124 Å². The molecule has 0 aromatic carbocycles. The van der Waals surface area contributed by atoms with Crippen molar-refractivity contribution in [2.45, 2.75) is 46.1 Å². The molecule has 2 rings (SSSR count). The second-order valence-corrected chi connectivity index (χ2v) is 6.23. The number of halogens is 2. The van der Waals surface area contributed by atoms with Crippen LogP contribution in [0.3, 0.4) is 0 Å². The van der Waals surface area contributed by atoms with Crippen molar-refractivity contribution >= 4 is 5.82 Å². The van der Waals surface area contributed by atoms with Gasteiger partial charge in [0.1, 0.15) is 6.10 Å². The summed E-state index contributed by atoms with van der Waals surface area (Å²) in [5.41, 5.74) is 2.11. The molecule has 21 heavy (non-hydrogen) atoms. The first kappa shape index (κ1) is 15.9. The number of nitrogens with one attached hydrogen (secondary N) is 1. The van der Waals surface area contributed by atoms with Crippen LogP contribution in [0.15, 0.2) is 6.07 Å². The van der Waals surface area contributed by atoms with E-state index >= 15 is 0 Å². The average molecular weight is 299 g/mol. The Hall–Kier alpha value is -1.43. The third-order valence-electron chi connectivity index (χ3n) is 4.26. The predicted molar refractivity (Wildman–Crippen MR) is 77.7 cm³/mol. The Morgan fingerprint density at radius 1 is 1.33 bits per heavy atom. The van der Waals surface area contributed by atoms with Gasteiger partial charge in [-0.25, -0.2) is 14.6 Å². The van der Waals surface area contributed by atoms with Gasteiger partial charge in [-0.15, -0.1) is 0 Å². The fourth-order valence-electron chi connectivity index (χ4n) is 3.03. The molecule has 1 heterocycles. The molecule has 1 fully saturated rings. The van der Waals surface area contributed by atoms with Crippen molar-refractivity contribution in [1.82, 2.24) is 4.98 Å². The lowest BCUT2D eigenvalue weighted by Crippen LogP contribution is -2.36. The van der Waals surface area contributed by atoms with Crippen molar-refractivity contribution in [3.05, 3.63) is 17.7 Å². The van der Waals surface area contributed by atoms with Crippen LogP contribution in [0.1, 0.15) is 40.0 Å². The minimum Gasteiger partial charge on any atom is -0.472 e. The number of nitrogens with two attached hydrogens (primary N) is 1. The zero-order chi connectivity index (χ0) is 15.6. The first-order valence-corrected chi connectivity index (χ1v) is 7.41. The van der Waals surface area contributed by atoms with Crippen molar-refractivity contribution in [3.8, 4) is 5.88 Å². The number of hydrazine groups is 1. The van der Waals surface area contributed by atoms with E-state index in [0.29, 0.717) is 17.8 Å². The zero-order valence-electron chi connectivity index (χ0n) is 12.7. The Morgan fingerprint density at radius 3 is 2.67 bits per heavy atom. The van der Waals surface area contributed by atoms with Crippen molar-refractivity contribution in [1.29, 1.82) is 0 Å². The number of pyridine rings is 1. The molecule has 6 heteroatoms. The van der Waals surface area contributed by atoms with Crippen LogP contribution in [-0.2, 0) is 0 Å². The van der Waals surface area contributed by atoms with Crippen LogP contribution >= 0.6 is 0 Å². The van der Waals surface area contributed by atoms with Gasteiger partial charge in [0, 0.05) is 6.07 Å². The molecule has 1 aromatic heterocycles. The molecule has 1 aliphatic carbocycles. The van der Waals surface area contributed by atoms with Crippen LogP contribution < -0.4 is 16.0 Å². The molecule has 0 spiro atoms. The second-order valence-electron chi connectivity index (χ2n) is 6.23. The smallest absolute Gasteiger partial charge is 0.252 e. The topological polar surface area (TPSA) is 60.2 Å². The molecule has 1 aliphatic rings. The summed E-state index contributed by atoms with van der Waals surface area (Å²) in [6.45, 7) is 6.44. The normalized spacial score (nSPS) is 26.0. The lowest BCUT2D eigenvalue weighted by atomic mass is 9.75. The van der Waals surface area contributed by atoms with Crippen LogP contribution in [-0.4, -0.2) is 11.1 Å². The van der Waals surface area contributed by atoms with E-state index in [9.17, 15) is 8.78 Å². The van der Waals surface area contributed by atoms with Crippen LogP contribution in [0.2, 0.25) is 0 Å². The molecule has 1 aromatic rings. The third kappa shape index (κ3) is 3.61. The number of hydrogen-bond donors (Lipinski definition) is 2. The van der Waals surface area contributed by atoms with E-state index in [1.807, 2.05) is 0 Å². The van der Waals surface area contributed by atoms with Gasteiger partial charge in [0.15, 0.2) is 17.5 Å². The summed E-state index contributed by atoms with van der Waals surface area (Å²) in [5, 5.41) is 0. The van der Waals surface area contributed by atoms with Gasteiger partial charge < -0.3 is 10.2 Å². The summed E-state index contributed by atoms with van der Waals surface area (Å²) in [7, 11) is 0. The third-order valence-corrected chi connectivity index (χ3v) is 4.26. The summed E-state index contributed by atoms with van der Waals surface area (Å²) in [4.78, 5) is 3.79. The monoisotopic (exact) mass is 299 g/mol. The van der Waals surface area contributed by atoms with E-state index in [-0.39, 0.29) is 17.8 Å². The number of nitrogens with zero attached hydrogens (tertiary/aromatic N) is 1. The van der Waals surface area contributed by atoms with Crippen LogP contribution in [0, 0.1) is 29.4 Å². The first-order chi connectivity index (χ1) is 9.92. The van der Waals surface area contributed by atoms with Crippen molar-refractivity contribution in [2.24, 2.45) is 23.6 Å². The molecule has 0 amide bonds. The van der Waals surface area contributed by atoms with Gasteiger partial charge in [-0.05, 0) is 30.6 Å². The molecule has 3 N–H and O–H groups in total. The van der Waals surface area contributed by atoms with Gasteiger partial charge in [0.25, 0.3) is 5.88 Å². The lowest BCUT2D eigenvalue weighted by Gasteiger charge is -2.37. The van der Waals surface area contributed by atoms with E-state index in [0.717, 1.165) is 25.3 Å². The second kappa shape index (κ2) is 6.56. The maximum absolute atomic E-state index is 13.9. The average Bonchev–Trinajstić information content (AvgIpc) is 2.41. The molecule has 0 saturated heterocycles. The van der Waals surface area contributed by atoms with Crippen LogP contribution in [0.25, 0.3) is 0 Å². The van der Waals surface area contributed by atoms with Crippen molar-refractivity contribution < 1.29 is 13.5 Å². The van der Waals surface area contributed by atoms with E-state index in [1.54, 1.807) is 0 Å². The number of aromatic nitrogens is 1. The molecule has 0 aliphatic heterocycles. The van der Waals surface area contributed by atoms with Crippen molar-refractivity contribution in [2.75, 3.05) is 5.43 Å². The Morgan fingerprint density at radius 2 is 2.05 bits per heavy atom. The molecule has 118 valence electrons. The number of anilines is 1. The number of ether oxygens (including phenoxy) is 1. The predicted octanol–water partition coefficient (Wildman–Crippen LogP) is 3.49. The lowest BCUT2D eigenvalue weighted by molar-refractivity contribution is 0.0395. The Kier molecular flexibility index (Phi) is 4.98. The minimum atomic E-state index is -0.834. The quantitative estimate of drug-likeness (QED) is 0.660. The molecule has 0 bridgehead atoms. The van der Waals surface area contributed by atoms with Crippen LogP contribution in [0.4, 0.5) is 14.6 Å². The number of rotatable bonds is 4. The molecule has 0 radical (unpaired) electrons. The summed E-state index contributed by atoms with van der Waals surface area (Å²) in [6.07, 6.45) is 2.95. The fourth-order valence-corrected chi connectivity index (χ4v) is 3.03. The van der Waals surface area contributed by atoms with Gasteiger partial charge in [0.2, 0.25) is 0 Å². The maximum Gasteiger partial charge on any atom is 0.252 e. The molecule has 3 unspecified atom stereocenters. The standard InChI is InChI=1S/C15H23F2N3O/c1-8(2)10-5-4-9(3)6-13(10)21-15-12(17)7-11(16)14(19-15)20-18/h7-10,13H,4-6,18H2,1-3H3,(H,19,20). The van der Waals surface area contributed by atoms with Crippen molar-refractivity contribution in [3.63, 3.8) is 0 Å². The van der Waals surface area contributed by atoms with Gasteiger partial charge >= 0.3 is 0 Å². The van der Waals surface area contributed by atoms with Gasteiger partial charge in [0.05, 0.1) is 0 Å². The highest BCUT2D eigenvalue weighted by Gasteiger charge is 2.33.